The van der Waals surface area contributed by atoms with E-state index in [1.54, 1.807) is 30.2 Å². The summed E-state index contributed by atoms with van der Waals surface area (Å²) in [5.74, 6) is 0.274. The molecule has 3 heterocycles. The molecule has 0 aromatic carbocycles. The lowest BCUT2D eigenvalue weighted by atomic mass is 9.96. The molecule has 1 fully saturated rings. The molecule has 2 aromatic rings. The first kappa shape index (κ1) is 17.0. The molecule has 0 unspecified atom stereocenters. The number of amides is 2. The Morgan fingerprint density at radius 3 is 2.75 bits per heavy atom. The number of hydrogen-bond donors (Lipinski definition) is 1. The van der Waals surface area contributed by atoms with Crippen LogP contribution in [0.25, 0.3) is 0 Å². The minimum Gasteiger partial charge on any atom is -0.350 e. The fraction of sp³-hybridized carbons (Fsp3) is 0.438. The fourth-order valence-electron chi connectivity index (χ4n) is 2.83. The quantitative estimate of drug-likeness (QED) is 0.903. The molecular formula is C16H19ClN4O2S. The molecule has 2 amide bonds. The van der Waals surface area contributed by atoms with Crippen molar-refractivity contribution in [2.75, 3.05) is 19.6 Å². The van der Waals surface area contributed by atoms with Gasteiger partial charge < -0.3 is 14.8 Å². The molecule has 1 N–H and O–H groups in total. The lowest BCUT2D eigenvalue weighted by Crippen LogP contribution is -2.41. The van der Waals surface area contributed by atoms with E-state index in [0.29, 0.717) is 41.1 Å². The number of hydrogen-bond acceptors (Lipinski definition) is 4. The molecule has 3 rings (SSSR count). The predicted octanol–water partition coefficient (Wildman–Crippen LogP) is 2.42. The number of carbonyl (C=O) groups excluding carboxylic acids is 2. The summed E-state index contributed by atoms with van der Waals surface area (Å²) in [6.07, 6.45) is 4.91. The SMILES string of the molecule is Cn1cncc1C(=O)NCC1CCN(C(=O)c2sccc2Cl)CC1. The number of thiophene rings is 1. The van der Waals surface area contributed by atoms with Gasteiger partial charge in [-0.05, 0) is 30.2 Å². The number of halogens is 1. The maximum absolute atomic E-state index is 12.4. The molecule has 0 atom stereocenters. The third-order valence-electron chi connectivity index (χ3n) is 4.31. The van der Waals surface area contributed by atoms with E-state index in [0.717, 1.165) is 12.8 Å². The molecule has 0 aliphatic carbocycles. The lowest BCUT2D eigenvalue weighted by Gasteiger charge is -2.31. The van der Waals surface area contributed by atoms with Crippen LogP contribution in [0.4, 0.5) is 0 Å². The summed E-state index contributed by atoms with van der Waals surface area (Å²) < 4.78 is 1.70. The van der Waals surface area contributed by atoms with E-state index in [1.807, 2.05) is 10.3 Å². The van der Waals surface area contributed by atoms with Gasteiger partial charge in [-0.15, -0.1) is 11.3 Å². The minimum absolute atomic E-state index is 0.00682. The summed E-state index contributed by atoms with van der Waals surface area (Å²) in [5.41, 5.74) is 0.551. The lowest BCUT2D eigenvalue weighted by molar-refractivity contribution is 0.0689. The Labute approximate surface area is 149 Å². The Balaban J connectivity index is 1.47. The van der Waals surface area contributed by atoms with Crippen molar-refractivity contribution < 1.29 is 9.59 Å². The number of nitrogens with one attached hydrogen (secondary N) is 1. The van der Waals surface area contributed by atoms with E-state index in [4.69, 9.17) is 11.6 Å². The van der Waals surface area contributed by atoms with Gasteiger partial charge in [0.15, 0.2) is 0 Å². The van der Waals surface area contributed by atoms with Gasteiger partial charge in [-0.1, -0.05) is 11.6 Å². The van der Waals surface area contributed by atoms with Crippen LogP contribution in [0.1, 0.15) is 33.0 Å². The first-order valence-electron chi connectivity index (χ1n) is 7.83. The number of imidazole rings is 1. The first-order chi connectivity index (χ1) is 11.6. The van der Waals surface area contributed by atoms with Crippen molar-refractivity contribution in [1.82, 2.24) is 19.8 Å². The van der Waals surface area contributed by atoms with E-state index in [9.17, 15) is 9.59 Å². The molecule has 0 radical (unpaired) electrons. The maximum Gasteiger partial charge on any atom is 0.269 e. The number of aryl methyl sites for hydroxylation is 1. The molecule has 24 heavy (non-hydrogen) atoms. The summed E-state index contributed by atoms with van der Waals surface area (Å²) >= 11 is 7.41. The summed E-state index contributed by atoms with van der Waals surface area (Å²) in [6, 6.07) is 1.75. The topological polar surface area (TPSA) is 67.2 Å². The van der Waals surface area contributed by atoms with Gasteiger partial charge in [0.05, 0.1) is 17.5 Å². The highest BCUT2D eigenvalue weighted by Gasteiger charge is 2.26. The third-order valence-corrected chi connectivity index (χ3v) is 5.64. The highest BCUT2D eigenvalue weighted by molar-refractivity contribution is 7.12. The largest absolute Gasteiger partial charge is 0.350 e. The fourth-order valence-corrected chi connectivity index (χ4v) is 3.94. The van der Waals surface area contributed by atoms with Gasteiger partial charge in [-0.3, -0.25) is 9.59 Å². The number of piperidine rings is 1. The highest BCUT2D eigenvalue weighted by Crippen LogP contribution is 2.26. The van der Waals surface area contributed by atoms with Crippen LogP contribution >= 0.6 is 22.9 Å². The minimum atomic E-state index is -0.112. The zero-order valence-electron chi connectivity index (χ0n) is 13.4. The Hall–Kier alpha value is -1.86. The summed E-state index contributed by atoms with van der Waals surface area (Å²) in [5, 5.41) is 5.31. The number of carbonyl (C=O) groups is 2. The first-order valence-corrected chi connectivity index (χ1v) is 9.09. The summed E-state index contributed by atoms with van der Waals surface area (Å²) in [7, 11) is 1.79. The Kier molecular flexibility index (Phi) is 5.20. The van der Waals surface area contributed by atoms with Crippen LogP contribution in [-0.2, 0) is 7.05 Å². The van der Waals surface area contributed by atoms with Gasteiger partial charge in [-0.25, -0.2) is 4.98 Å². The van der Waals surface area contributed by atoms with E-state index < -0.39 is 0 Å². The Bertz CT molecular complexity index is 734. The molecular weight excluding hydrogens is 348 g/mol. The monoisotopic (exact) mass is 366 g/mol. The van der Waals surface area contributed by atoms with Crippen molar-refractivity contribution in [3.05, 3.63) is 39.6 Å². The van der Waals surface area contributed by atoms with E-state index in [2.05, 4.69) is 10.3 Å². The zero-order valence-corrected chi connectivity index (χ0v) is 14.9. The summed E-state index contributed by atoms with van der Waals surface area (Å²) in [6.45, 7) is 2.00. The predicted molar refractivity (Wildman–Crippen MR) is 93.5 cm³/mol. The van der Waals surface area contributed by atoms with Crippen LogP contribution in [0.2, 0.25) is 5.02 Å². The summed E-state index contributed by atoms with van der Waals surface area (Å²) in [4.78, 5) is 30.9. The second-order valence-corrected chi connectivity index (χ2v) is 7.26. The Morgan fingerprint density at radius 2 is 2.17 bits per heavy atom. The van der Waals surface area contributed by atoms with E-state index >= 15 is 0 Å². The zero-order chi connectivity index (χ0) is 17.1. The third kappa shape index (κ3) is 3.62. The van der Waals surface area contributed by atoms with Gasteiger partial charge >= 0.3 is 0 Å². The van der Waals surface area contributed by atoms with Gasteiger partial charge in [0, 0.05) is 26.7 Å². The van der Waals surface area contributed by atoms with Crippen molar-refractivity contribution in [3.63, 3.8) is 0 Å². The average Bonchev–Trinajstić information content (AvgIpc) is 3.20. The van der Waals surface area contributed by atoms with Crippen LogP contribution in [0.15, 0.2) is 24.0 Å². The van der Waals surface area contributed by atoms with Crippen LogP contribution in [-0.4, -0.2) is 45.9 Å². The average molecular weight is 367 g/mol. The number of likely N-dealkylation sites (tertiary alicyclic amines) is 1. The molecule has 0 bridgehead atoms. The van der Waals surface area contributed by atoms with Gasteiger partial charge in [-0.2, -0.15) is 0 Å². The van der Waals surface area contributed by atoms with Crippen LogP contribution < -0.4 is 5.32 Å². The smallest absolute Gasteiger partial charge is 0.269 e. The van der Waals surface area contributed by atoms with Crippen molar-refractivity contribution in [1.29, 1.82) is 0 Å². The molecule has 1 saturated heterocycles. The normalized spacial score (nSPS) is 15.5. The second-order valence-electron chi connectivity index (χ2n) is 5.93. The molecule has 8 heteroatoms. The molecule has 1 aliphatic rings. The van der Waals surface area contributed by atoms with Crippen LogP contribution in [0.5, 0.6) is 0 Å². The Morgan fingerprint density at radius 1 is 1.42 bits per heavy atom. The van der Waals surface area contributed by atoms with Gasteiger partial charge in [0.25, 0.3) is 11.8 Å². The van der Waals surface area contributed by atoms with Crippen LogP contribution in [0.3, 0.4) is 0 Å². The van der Waals surface area contributed by atoms with Crippen molar-refractivity contribution in [2.45, 2.75) is 12.8 Å². The standard InChI is InChI=1S/C16H19ClN4O2S/c1-20-10-18-9-13(20)15(22)19-8-11-2-5-21(6-3-11)16(23)14-12(17)4-7-24-14/h4,7,9-11H,2-3,5-6,8H2,1H3,(H,19,22). The second kappa shape index (κ2) is 7.36. The van der Waals surface area contributed by atoms with Crippen molar-refractivity contribution in [3.8, 4) is 0 Å². The van der Waals surface area contributed by atoms with Gasteiger partial charge in [0.1, 0.15) is 10.6 Å². The molecule has 2 aromatic heterocycles. The number of rotatable bonds is 4. The van der Waals surface area contributed by atoms with Crippen LogP contribution in [0, 0.1) is 5.92 Å². The maximum atomic E-state index is 12.4. The molecule has 128 valence electrons. The van der Waals surface area contributed by atoms with Gasteiger partial charge in [0.2, 0.25) is 0 Å². The van der Waals surface area contributed by atoms with Crippen molar-refractivity contribution >= 4 is 34.8 Å². The molecule has 1 aliphatic heterocycles. The van der Waals surface area contributed by atoms with Crippen molar-refractivity contribution in [2.24, 2.45) is 13.0 Å². The van der Waals surface area contributed by atoms with E-state index in [-0.39, 0.29) is 11.8 Å². The molecule has 6 nitrogen and oxygen atoms in total. The highest BCUT2D eigenvalue weighted by atomic mass is 35.5. The molecule has 0 spiro atoms. The molecule has 0 saturated carbocycles. The number of aromatic nitrogens is 2. The number of nitrogens with zero attached hydrogens (tertiary/aromatic N) is 3. The van der Waals surface area contributed by atoms with E-state index in [1.165, 1.54) is 11.3 Å².